The number of piperidine rings is 1. The molecule has 7 heteroatoms. The Morgan fingerprint density at radius 3 is 2.43 bits per heavy atom. The van der Waals surface area contributed by atoms with Crippen molar-refractivity contribution in [1.29, 1.82) is 0 Å². The molecule has 2 rings (SSSR count). The zero-order valence-electron chi connectivity index (χ0n) is 11.7. The van der Waals surface area contributed by atoms with Gasteiger partial charge in [0.2, 0.25) is 0 Å². The van der Waals surface area contributed by atoms with Crippen molar-refractivity contribution in [3.63, 3.8) is 0 Å². The highest BCUT2D eigenvalue weighted by Crippen LogP contribution is 2.38. The van der Waals surface area contributed by atoms with Gasteiger partial charge in [0.25, 0.3) is 5.91 Å². The van der Waals surface area contributed by atoms with Crippen LogP contribution in [0.5, 0.6) is 0 Å². The third-order valence-corrected chi connectivity index (χ3v) is 7.29. The number of rotatable bonds is 4. The number of nitrogens with zero attached hydrogens (tertiary/aromatic N) is 1. The maximum Gasteiger partial charge on any atom is 0.309 e. The molecule has 1 aromatic heterocycles. The van der Waals surface area contributed by atoms with Crippen molar-refractivity contribution in [3.05, 3.63) is 19.2 Å². The van der Waals surface area contributed by atoms with E-state index in [2.05, 4.69) is 31.9 Å². The topological polar surface area (TPSA) is 57.6 Å². The first-order valence-corrected chi connectivity index (χ1v) is 9.27. The average Bonchev–Trinajstić information content (AvgIpc) is 2.79. The van der Waals surface area contributed by atoms with Crippen LogP contribution in [-0.4, -0.2) is 35.0 Å². The molecule has 0 atom stereocenters. The van der Waals surface area contributed by atoms with Gasteiger partial charge in [-0.15, -0.1) is 11.3 Å². The first kappa shape index (κ1) is 17.0. The van der Waals surface area contributed by atoms with Gasteiger partial charge in [0.15, 0.2) is 0 Å². The predicted molar refractivity (Wildman–Crippen MR) is 89.8 cm³/mol. The molecule has 1 saturated heterocycles. The van der Waals surface area contributed by atoms with E-state index in [-0.39, 0.29) is 5.91 Å². The summed E-state index contributed by atoms with van der Waals surface area (Å²) in [5.74, 6) is -0.736. The molecule has 0 aliphatic carbocycles. The molecular formula is C14H17Br2NO3S. The smallest absolute Gasteiger partial charge is 0.309 e. The van der Waals surface area contributed by atoms with E-state index in [1.807, 2.05) is 13.0 Å². The van der Waals surface area contributed by atoms with Gasteiger partial charge in [-0.05, 0) is 57.2 Å². The molecule has 1 aliphatic heterocycles. The highest BCUT2D eigenvalue weighted by Gasteiger charge is 2.41. The van der Waals surface area contributed by atoms with E-state index in [0.29, 0.717) is 37.2 Å². The molecule has 0 aromatic carbocycles. The van der Waals surface area contributed by atoms with Gasteiger partial charge in [-0.3, -0.25) is 9.59 Å². The summed E-state index contributed by atoms with van der Waals surface area (Å²) in [4.78, 5) is 26.4. The van der Waals surface area contributed by atoms with Crippen LogP contribution in [0.15, 0.2) is 14.3 Å². The second-order valence-corrected chi connectivity index (χ2v) is 8.58. The number of carboxylic acids is 1. The number of thiophene rings is 1. The summed E-state index contributed by atoms with van der Waals surface area (Å²) in [6, 6.07) is 1.81. The van der Waals surface area contributed by atoms with Gasteiger partial charge in [0, 0.05) is 17.6 Å². The molecule has 1 N–H and O–H groups in total. The highest BCUT2D eigenvalue weighted by atomic mass is 79.9. The Labute approximate surface area is 144 Å². The Hall–Kier alpha value is -0.400. The monoisotopic (exact) mass is 437 g/mol. The van der Waals surface area contributed by atoms with Crippen molar-refractivity contribution in [2.45, 2.75) is 32.6 Å². The van der Waals surface area contributed by atoms with Crippen molar-refractivity contribution in [1.82, 2.24) is 4.90 Å². The fraction of sp³-hybridized carbons (Fsp3) is 0.571. The molecule has 1 fully saturated rings. The molecule has 1 aliphatic rings. The summed E-state index contributed by atoms with van der Waals surface area (Å²) in [5.41, 5.74) is -0.651. The standard InChI is InChI=1S/C14H17Br2NO3S/c1-2-3-14(13(19)20)4-6-17(7-5-14)12(18)10-8-9(15)11(16)21-10/h8H,2-7H2,1H3,(H,19,20). The Morgan fingerprint density at radius 1 is 1.38 bits per heavy atom. The zero-order valence-corrected chi connectivity index (χ0v) is 15.7. The fourth-order valence-electron chi connectivity index (χ4n) is 2.80. The van der Waals surface area contributed by atoms with Gasteiger partial charge in [0.05, 0.1) is 14.1 Å². The van der Waals surface area contributed by atoms with E-state index in [1.165, 1.54) is 11.3 Å². The highest BCUT2D eigenvalue weighted by molar-refractivity contribution is 9.13. The van der Waals surface area contributed by atoms with Gasteiger partial charge >= 0.3 is 5.97 Å². The zero-order chi connectivity index (χ0) is 15.6. The van der Waals surface area contributed by atoms with E-state index in [1.54, 1.807) is 4.90 Å². The fourth-order valence-corrected chi connectivity index (χ4v) is 4.80. The number of carboxylic acid groups (broad SMARTS) is 1. The molecule has 21 heavy (non-hydrogen) atoms. The number of aliphatic carboxylic acids is 1. The van der Waals surface area contributed by atoms with Gasteiger partial charge in [-0.2, -0.15) is 0 Å². The van der Waals surface area contributed by atoms with Crippen molar-refractivity contribution in [2.75, 3.05) is 13.1 Å². The molecule has 4 nitrogen and oxygen atoms in total. The van der Waals surface area contributed by atoms with Crippen LogP contribution in [0.2, 0.25) is 0 Å². The number of hydrogen-bond acceptors (Lipinski definition) is 3. The summed E-state index contributed by atoms with van der Waals surface area (Å²) in [6.07, 6.45) is 2.61. The minimum atomic E-state index is -0.724. The molecule has 0 radical (unpaired) electrons. The quantitative estimate of drug-likeness (QED) is 0.758. The number of hydrogen-bond donors (Lipinski definition) is 1. The first-order valence-electron chi connectivity index (χ1n) is 6.87. The van der Waals surface area contributed by atoms with Crippen molar-refractivity contribution in [2.24, 2.45) is 5.41 Å². The number of carbonyl (C=O) groups excluding carboxylic acids is 1. The molecular weight excluding hydrogens is 422 g/mol. The number of halogens is 2. The lowest BCUT2D eigenvalue weighted by Gasteiger charge is -2.38. The molecule has 0 saturated carbocycles. The van der Waals surface area contributed by atoms with Crippen LogP contribution in [0.3, 0.4) is 0 Å². The first-order chi connectivity index (χ1) is 9.89. The van der Waals surface area contributed by atoms with Crippen LogP contribution >= 0.6 is 43.2 Å². The largest absolute Gasteiger partial charge is 0.481 e. The van der Waals surface area contributed by atoms with E-state index >= 15 is 0 Å². The predicted octanol–water partition coefficient (Wildman–Crippen LogP) is 4.38. The molecule has 116 valence electrons. The van der Waals surface area contributed by atoms with E-state index in [4.69, 9.17) is 0 Å². The van der Waals surface area contributed by atoms with E-state index in [0.717, 1.165) is 14.7 Å². The van der Waals surface area contributed by atoms with Crippen LogP contribution in [0.4, 0.5) is 0 Å². The molecule has 0 unspecified atom stereocenters. The molecule has 2 heterocycles. The minimum absolute atomic E-state index is 0.0121. The summed E-state index contributed by atoms with van der Waals surface area (Å²) in [7, 11) is 0. The van der Waals surface area contributed by atoms with Crippen molar-refractivity contribution < 1.29 is 14.7 Å². The lowest BCUT2D eigenvalue weighted by Crippen LogP contribution is -2.46. The van der Waals surface area contributed by atoms with Gasteiger partial charge in [-0.25, -0.2) is 0 Å². The summed E-state index contributed by atoms with van der Waals surface area (Å²) >= 11 is 8.17. The lowest BCUT2D eigenvalue weighted by molar-refractivity contribution is -0.152. The van der Waals surface area contributed by atoms with E-state index < -0.39 is 11.4 Å². The van der Waals surface area contributed by atoms with E-state index in [9.17, 15) is 14.7 Å². The lowest BCUT2D eigenvalue weighted by atomic mass is 9.75. The molecule has 1 aromatic rings. The Morgan fingerprint density at radius 2 is 2.00 bits per heavy atom. The van der Waals surface area contributed by atoms with Crippen molar-refractivity contribution in [3.8, 4) is 0 Å². The summed E-state index contributed by atoms with van der Waals surface area (Å²) in [6.45, 7) is 3.03. The SMILES string of the molecule is CCCC1(C(=O)O)CCN(C(=O)c2cc(Br)c(Br)s2)CC1. The molecule has 0 spiro atoms. The summed E-state index contributed by atoms with van der Waals surface area (Å²) in [5, 5.41) is 9.49. The van der Waals surface area contributed by atoms with Crippen LogP contribution in [-0.2, 0) is 4.79 Å². The van der Waals surface area contributed by atoms with Gasteiger partial charge in [-0.1, -0.05) is 13.3 Å². The van der Waals surface area contributed by atoms with Gasteiger partial charge in [0.1, 0.15) is 0 Å². The van der Waals surface area contributed by atoms with Gasteiger partial charge < -0.3 is 10.0 Å². The van der Waals surface area contributed by atoms with Crippen LogP contribution in [0.1, 0.15) is 42.3 Å². The van der Waals surface area contributed by atoms with Crippen molar-refractivity contribution >= 4 is 55.1 Å². The third-order valence-electron chi connectivity index (χ3n) is 4.05. The molecule has 1 amide bonds. The average molecular weight is 439 g/mol. The number of carbonyl (C=O) groups is 2. The second-order valence-electron chi connectivity index (χ2n) is 5.36. The Balaban J connectivity index is 2.06. The normalized spacial score (nSPS) is 17.8. The minimum Gasteiger partial charge on any atom is -0.481 e. The third kappa shape index (κ3) is 3.51. The maximum absolute atomic E-state index is 12.5. The second kappa shape index (κ2) is 6.79. The van der Waals surface area contributed by atoms with Crippen LogP contribution in [0.25, 0.3) is 0 Å². The molecule has 0 bridgehead atoms. The Bertz CT molecular complexity index is 531. The number of likely N-dealkylation sites (tertiary alicyclic amines) is 1. The van der Waals surface area contributed by atoms with Crippen LogP contribution < -0.4 is 0 Å². The van der Waals surface area contributed by atoms with Crippen LogP contribution in [0, 0.1) is 5.41 Å². The number of amides is 1. The Kier molecular flexibility index (Phi) is 5.48. The summed E-state index contributed by atoms with van der Waals surface area (Å²) < 4.78 is 1.77. The maximum atomic E-state index is 12.5.